The average Bonchev–Trinajstić information content (AvgIpc) is 2.90. The SMILES string of the molecule is COC(=O)C1=C(C(=O)OC)N(c2ccc(NC(=O)C(C)C)cc2)C=CC=C1. The van der Waals surface area contributed by atoms with Crippen LogP contribution in [0, 0.1) is 5.92 Å². The minimum Gasteiger partial charge on any atom is -0.465 e. The Morgan fingerprint density at radius 2 is 1.59 bits per heavy atom. The highest BCUT2D eigenvalue weighted by Crippen LogP contribution is 2.27. The second kappa shape index (κ2) is 8.84. The molecule has 0 fully saturated rings. The highest BCUT2D eigenvalue weighted by molar-refractivity contribution is 6.05. The van der Waals surface area contributed by atoms with Gasteiger partial charge in [-0.25, -0.2) is 9.59 Å². The van der Waals surface area contributed by atoms with E-state index < -0.39 is 11.9 Å². The van der Waals surface area contributed by atoms with Gasteiger partial charge in [0, 0.05) is 23.5 Å². The molecule has 0 saturated carbocycles. The number of benzene rings is 1. The van der Waals surface area contributed by atoms with Gasteiger partial charge in [-0.2, -0.15) is 0 Å². The second-order valence-electron chi connectivity index (χ2n) is 6.01. The Balaban J connectivity index is 2.43. The summed E-state index contributed by atoms with van der Waals surface area (Å²) in [6.07, 6.45) is 6.45. The van der Waals surface area contributed by atoms with Gasteiger partial charge in [0.1, 0.15) is 5.70 Å². The fourth-order valence-corrected chi connectivity index (χ4v) is 2.36. The fraction of sp³-hybridized carbons (Fsp3) is 0.250. The molecular weight excluding hydrogens is 348 g/mol. The Morgan fingerprint density at radius 3 is 2.15 bits per heavy atom. The molecule has 1 aliphatic rings. The van der Waals surface area contributed by atoms with Gasteiger partial charge in [0.25, 0.3) is 0 Å². The zero-order chi connectivity index (χ0) is 20.0. The number of hydrogen-bond donors (Lipinski definition) is 1. The predicted molar refractivity (Wildman–Crippen MR) is 102 cm³/mol. The normalized spacial score (nSPS) is 13.4. The van der Waals surface area contributed by atoms with Gasteiger partial charge >= 0.3 is 11.9 Å². The summed E-state index contributed by atoms with van der Waals surface area (Å²) >= 11 is 0. The van der Waals surface area contributed by atoms with Crippen molar-refractivity contribution in [3.05, 3.63) is 60.0 Å². The molecule has 0 aliphatic carbocycles. The first kappa shape index (κ1) is 20.0. The molecular formula is C20H22N2O5. The number of esters is 2. The van der Waals surface area contributed by atoms with Crippen molar-refractivity contribution in [3.63, 3.8) is 0 Å². The molecule has 0 bridgehead atoms. The largest absolute Gasteiger partial charge is 0.465 e. The molecule has 1 aliphatic heterocycles. The minimum absolute atomic E-state index is 0.0355. The molecule has 0 atom stereocenters. The van der Waals surface area contributed by atoms with Crippen LogP contribution in [0.3, 0.4) is 0 Å². The first-order valence-corrected chi connectivity index (χ1v) is 8.35. The molecule has 1 amide bonds. The molecule has 27 heavy (non-hydrogen) atoms. The number of carbonyl (C=O) groups excluding carboxylic acids is 3. The lowest BCUT2D eigenvalue weighted by atomic mass is 10.1. The summed E-state index contributed by atoms with van der Waals surface area (Å²) in [6, 6.07) is 6.88. The zero-order valence-electron chi connectivity index (χ0n) is 15.7. The standard InChI is InChI=1S/C20H22N2O5/c1-13(2)18(23)21-14-8-10-15(11-9-14)22-12-6-5-7-16(19(24)26-3)17(22)20(25)27-4/h5-13H,1-4H3,(H,21,23). The molecule has 1 aromatic carbocycles. The van der Waals surface area contributed by atoms with Gasteiger partial charge in [-0.3, -0.25) is 4.79 Å². The lowest BCUT2D eigenvalue weighted by molar-refractivity contribution is -0.139. The van der Waals surface area contributed by atoms with Crippen molar-refractivity contribution in [2.45, 2.75) is 13.8 Å². The number of ether oxygens (including phenoxy) is 2. The number of allylic oxidation sites excluding steroid dienone is 2. The molecule has 0 spiro atoms. The fourth-order valence-electron chi connectivity index (χ4n) is 2.36. The summed E-state index contributed by atoms with van der Waals surface area (Å²) in [6.45, 7) is 3.61. The number of carbonyl (C=O) groups is 3. The number of hydrogen-bond acceptors (Lipinski definition) is 6. The maximum Gasteiger partial charge on any atom is 0.355 e. The van der Waals surface area contributed by atoms with Gasteiger partial charge in [-0.15, -0.1) is 0 Å². The van der Waals surface area contributed by atoms with Gasteiger partial charge in [0.2, 0.25) is 5.91 Å². The summed E-state index contributed by atoms with van der Waals surface area (Å²) in [7, 11) is 2.48. The van der Waals surface area contributed by atoms with Crippen LogP contribution in [0.4, 0.5) is 11.4 Å². The first-order chi connectivity index (χ1) is 12.9. The van der Waals surface area contributed by atoms with Crippen LogP contribution in [0.25, 0.3) is 0 Å². The second-order valence-corrected chi connectivity index (χ2v) is 6.01. The van der Waals surface area contributed by atoms with E-state index in [4.69, 9.17) is 9.47 Å². The van der Waals surface area contributed by atoms with Crippen molar-refractivity contribution in [3.8, 4) is 0 Å². The molecule has 2 rings (SSSR count). The Bertz CT molecular complexity index is 819. The number of rotatable bonds is 5. The number of anilines is 2. The van der Waals surface area contributed by atoms with E-state index in [1.54, 1.807) is 56.5 Å². The Labute approximate surface area is 157 Å². The topological polar surface area (TPSA) is 84.9 Å². The van der Waals surface area contributed by atoms with Crippen LogP contribution in [0.5, 0.6) is 0 Å². The smallest absolute Gasteiger partial charge is 0.355 e. The van der Waals surface area contributed by atoms with Crippen molar-refractivity contribution >= 4 is 29.2 Å². The van der Waals surface area contributed by atoms with Crippen molar-refractivity contribution in [2.75, 3.05) is 24.4 Å². The Kier molecular flexibility index (Phi) is 6.54. The summed E-state index contributed by atoms with van der Waals surface area (Å²) in [5.41, 5.74) is 1.35. The highest BCUT2D eigenvalue weighted by Gasteiger charge is 2.27. The number of amides is 1. The lowest BCUT2D eigenvalue weighted by Crippen LogP contribution is -2.27. The summed E-state index contributed by atoms with van der Waals surface area (Å²) < 4.78 is 9.64. The van der Waals surface area contributed by atoms with Crippen molar-refractivity contribution in [2.24, 2.45) is 5.92 Å². The number of nitrogens with one attached hydrogen (secondary N) is 1. The minimum atomic E-state index is -0.677. The third-order valence-corrected chi connectivity index (χ3v) is 3.83. The quantitative estimate of drug-likeness (QED) is 0.803. The van der Waals surface area contributed by atoms with Crippen LogP contribution >= 0.6 is 0 Å². The molecule has 1 heterocycles. The van der Waals surface area contributed by atoms with Crippen molar-refractivity contribution < 1.29 is 23.9 Å². The van der Waals surface area contributed by atoms with Crippen LogP contribution in [-0.4, -0.2) is 32.1 Å². The van der Waals surface area contributed by atoms with E-state index in [-0.39, 0.29) is 23.1 Å². The molecule has 1 N–H and O–H groups in total. The predicted octanol–water partition coefficient (Wildman–Crippen LogP) is 2.77. The van der Waals surface area contributed by atoms with Gasteiger partial charge < -0.3 is 19.7 Å². The van der Waals surface area contributed by atoms with E-state index in [2.05, 4.69) is 5.32 Å². The summed E-state index contributed by atoms with van der Waals surface area (Å²) in [4.78, 5) is 37.8. The van der Waals surface area contributed by atoms with Crippen LogP contribution in [0.1, 0.15) is 13.8 Å². The molecule has 0 aromatic heterocycles. The highest BCUT2D eigenvalue weighted by atomic mass is 16.5. The number of nitrogens with zero attached hydrogens (tertiary/aromatic N) is 1. The van der Waals surface area contributed by atoms with E-state index in [9.17, 15) is 14.4 Å². The van der Waals surface area contributed by atoms with Gasteiger partial charge in [-0.05, 0) is 36.4 Å². The third kappa shape index (κ3) is 4.63. The summed E-state index contributed by atoms with van der Waals surface area (Å²) in [5, 5.41) is 2.80. The molecule has 7 nitrogen and oxygen atoms in total. The molecule has 7 heteroatoms. The van der Waals surface area contributed by atoms with Crippen LogP contribution in [-0.2, 0) is 23.9 Å². The Morgan fingerprint density at radius 1 is 0.963 bits per heavy atom. The molecule has 0 unspecified atom stereocenters. The van der Waals surface area contributed by atoms with Gasteiger partial charge in [0.15, 0.2) is 0 Å². The van der Waals surface area contributed by atoms with E-state index in [1.807, 2.05) is 0 Å². The number of methoxy groups -OCH3 is 2. The molecule has 1 aromatic rings. The maximum atomic E-state index is 12.4. The van der Waals surface area contributed by atoms with Crippen LogP contribution in [0.15, 0.2) is 60.0 Å². The van der Waals surface area contributed by atoms with Crippen LogP contribution < -0.4 is 10.2 Å². The molecule has 0 saturated heterocycles. The first-order valence-electron chi connectivity index (χ1n) is 8.35. The van der Waals surface area contributed by atoms with Gasteiger partial charge in [0.05, 0.1) is 19.8 Å². The van der Waals surface area contributed by atoms with Crippen LogP contribution in [0.2, 0.25) is 0 Å². The maximum absolute atomic E-state index is 12.4. The van der Waals surface area contributed by atoms with Gasteiger partial charge in [-0.1, -0.05) is 19.9 Å². The van der Waals surface area contributed by atoms with Crippen molar-refractivity contribution in [1.29, 1.82) is 0 Å². The average molecular weight is 370 g/mol. The summed E-state index contributed by atoms with van der Waals surface area (Å²) in [5.74, 6) is -1.56. The van der Waals surface area contributed by atoms with E-state index >= 15 is 0 Å². The van der Waals surface area contributed by atoms with Crippen molar-refractivity contribution in [1.82, 2.24) is 0 Å². The lowest BCUT2D eigenvalue weighted by Gasteiger charge is -2.23. The molecule has 0 radical (unpaired) electrons. The van der Waals surface area contributed by atoms with E-state index in [0.717, 1.165) is 0 Å². The zero-order valence-corrected chi connectivity index (χ0v) is 15.7. The monoisotopic (exact) mass is 370 g/mol. The Hall–Kier alpha value is -3.35. The molecule has 142 valence electrons. The van der Waals surface area contributed by atoms with E-state index in [1.165, 1.54) is 25.2 Å². The third-order valence-electron chi connectivity index (χ3n) is 3.83. The van der Waals surface area contributed by atoms with E-state index in [0.29, 0.717) is 11.4 Å².